The first kappa shape index (κ1) is 20.4. The van der Waals surface area contributed by atoms with Crippen molar-refractivity contribution in [2.45, 2.75) is 26.2 Å². The van der Waals surface area contributed by atoms with E-state index in [0.29, 0.717) is 5.92 Å². The molecule has 0 radical (unpaired) electrons. The Bertz CT molecular complexity index is 1230. The number of nitrogens with zero attached hydrogens (tertiary/aromatic N) is 1. The Morgan fingerprint density at radius 2 is 1.97 bits per heavy atom. The van der Waals surface area contributed by atoms with Gasteiger partial charge in [0.15, 0.2) is 0 Å². The molecule has 0 spiro atoms. The lowest BCUT2D eigenvalue weighted by Gasteiger charge is -2.35. The Kier molecular flexibility index (Phi) is 5.48. The van der Waals surface area contributed by atoms with E-state index in [-0.39, 0.29) is 0 Å². The SMILES string of the molecule is C=C(N/C=C\C)C1CCN(C(=C)c2ccc3c(-c4cccc5c4C=CC5)c[nH]c3c2)CC1. The molecule has 2 heterocycles. The molecule has 0 bridgehead atoms. The number of aromatic nitrogens is 1. The van der Waals surface area contributed by atoms with Gasteiger partial charge in [0.1, 0.15) is 0 Å². The van der Waals surface area contributed by atoms with Crippen molar-refractivity contribution < 1.29 is 0 Å². The molecule has 1 saturated heterocycles. The highest BCUT2D eigenvalue weighted by molar-refractivity contribution is 5.99. The molecule has 0 unspecified atom stereocenters. The highest BCUT2D eigenvalue weighted by atomic mass is 15.1. The third kappa shape index (κ3) is 3.69. The maximum atomic E-state index is 4.44. The molecule has 1 aliphatic carbocycles. The van der Waals surface area contributed by atoms with Crippen molar-refractivity contribution in [2.75, 3.05) is 13.1 Å². The van der Waals surface area contributed by atoms with Gasteiger partial charge in [-0.25, -0.2) is 0 Å². The Morgan fingerprint density at radius 1 is 1.12 bits per heavy atom. The van der Waals surface area contributed by atoms with Gasteiger partial charge in [0.25, 0.3) is 0 Å². The van der Waals surface area contributed by atoms with E-state index in [2.05, 4.69) is 83.1 Å². The number of H-pyrrole nitrogens is 1. The first-order valence-electron chi connectivity index (χ1n) is 11.6. The van der Waals surface area contributed by atoms with E-state index >= 15 is 0 Å². The van der Waals surface area contributed by atoms with Crippen LogP contribution in [0.15, 0.2) is 79.8 Å². The van der Waals surface area contributed by atoms with E-state index in [4.69, 9.17) is 0 Å². The van der Waals surface area contributed by atoms with E-state index < -0.39 is 0 Å². The molecule has 2 N–H and O–H groups in total. The molecule has 2 aliphatic rings. The normalized spacial score (nSPS) is 16.1. The van der Waals surface area contributed by atoms with Gasteiger partial charge < -0.3 is 15.2 Å². The zero-order chi connectivity index (χ0) is 22.1. The van der Waals surface area contributed by atoms with Gasteiger partial charge in [0, 0.05) is 53.1 Å². The van der Waals surface area contributed by atoms with Crippen LogP contribution < -0.4 is 5.32 Å². The van der Waals surface area contributed by atoms with Crippen molar-refractivity contribution in [2.24, 2.45) is 5.92 Å². The summed E-state index contributed by atoms with van der Waals surface area (Å²) in [4.78, 5) is 5.92. The van der Waals surface area contributed by atoms with Crippen molar-refractivity contribution in [3.8, 4) is 11.1 Å². The predicted molar refractivity (Wildman–Crippen MR) is 137 cm³/mol. The summed E-state index contributed by atoms with van der Waals surface area (Å²) in [7, 11) is 0. The van der Waals surface area contributed by atoms with Crippen molar-refractivity contribution in [1.29, 1.82) is 0 Å². The van der Waals surface area contributed by atoms with Crippen LogP contribution in [0.2, 0.25) is 0 Å². The van der Waals surface area contributed by atoms with Crippen molar-refractivity contribution in [3.63, 3.8) is 0 Å². The second kappa shape index (κ2) is 8.58. The Labute approximate surface area is 190 Å². The number of nitrogens with one attached hydrogen (secondary N) is 2. The standard InChI is InChI=1S/C29H31N3/c1-4-15-30-20(2)22-13-16-32(17-14-22)21(3)24-11-12-27-28(19-31-29(27)18-24)26-10-6-8-23-7-5-9-25(23)26/h4-6,8-12,15,18-19,22,30-31H,2-3,7,13-14,16-17H2,1H3/b15-4-. The van der Waals surface area contributed by atoms with Crippen molar-refractivity contribution in [3.05, 3.63) is 96.5 Å². The smallest absolute Gasteiger partial charge is 0.0467 e. The first-order chi connectivity index (χ1) is 15.7. The molecule has 1 aromatic heterocycles. The number of hydrogen-bond donors (Lipinski definition) is 2. The molecule has 2 aromatic carbocycles. The fourth-order valence-corrected chi connectivity index (χ4v) is 5.04. The molecule has 0 atom stereocenters. The molecular weight excluding hydrogens is 390 g/mol. The molecule has 1 aliphatic heterocycles. The number of likely N-dealkylation sites (tertiary alicyclic amines) is 1. The number of rotatable bonds is 6. The minimum Gasteiger partial charge on any atom is -0.371 e. The van der Waals surface area contributed by atoms with E-state index in [9.17, 15) is 0 Å². The molecule has 0 saturated carbocycles. The lowest BCUT2D eigenvalue weighted by molar-refractivity contribution is 0.274. The van der Waals surface area contributed by atoms with Crippen LogP contribution in [-0.4, -0.2) is 23.0 Å². The number of benzene rings is 2. The average Bonchev–Trinajstić information content (AvgIpc) is 3.48. The zero-order valence-corrected chi connectivity index (χ0v) is 18.8. The summed E-state index contributed by atoms with van der Waals surface area (Å²) in [5.41, 5.74) is 9.93. The van der Waals surface area contributed by atoms with Crippen LogP contribution in [0.25, 0.3) is 33.8 Å². The van der Waals surface area contributed by atoms with Crippen LogP contribution in [0, 0.1) is 5.92 Å². The Morgan fingerprint density at radius 3 is 2.78 bits per heavy atom. The molecule has 0 amide bonds. The van der Waals surface area contributed by atoms with Crippen LogP contribution in [0.1, 0.15) is 36.5 Å². The Balaban J connectivity index is 1.33. The maximum Gasteiger partial charge on any atom is 0.0467 e. The van der Waals surface area contributed by atoms with Gasteiger partial charge in [0.2, 0.25) is 0 Å². The van der Waals surface area contributed by atoms with Gasteiger partial charge in [-0.15, -0.1) is 0 Å². The van der Waals surface area contributed by atoms with Gasteiger partial charge in [-0.05, 0) is 60.7 Å². The first-order valence-corrected chi connectivity index (χ1v) is 11.6. The van der Waals surface area contributed by atoms with Gasteiger partial charge in [-0.3, -0.25) is 0 Å². The van der Waals surface area contributed by atoms with Crippen LogP contribution in [-0.2, 0) is 6.42 Å². The average molecular weight is 422 g/mol. The van der Waals surface area contributed by atoms with Gasteiger partial charge in [0.05, 0.1) is 0 Å². The van der Waals surface area contributed by atoms with E-state index in [1.807, 2.05) is 19.2 Å². The molecule has 1 fully saturated rings. The lowest BCUT2D eigenvalue weighted by atomic mass is 9.93. The molecule has 3 heteroatoms. The van der Waals surface area contributed by atoms with Crippen LogP contribution >= 0.6 is 0 Å². The third-order valence-electron chi connectivity index (χ3n) is 6.93. The monoisotopic (exact) mass is 421 g/mol. The maximum absolute atomic E-state index is 4.44. The molecular formula is C29H31N3. The number of fused-ring (bicyclic) bond motifs is 2. The molecule has 5 rings (SSSR count). The van der Waals surface area contributed by atoms with Crippen molar-refractivity contribution >= 4 is 22.7 Å². The molecule has 32 heavy (non-hydrogen) atoms. The second-order valence-electron chi connectivity index (χ2n) is 8.83. The van der Waals surface area contributed by atoms with E-state index in [1.54, 1.807) is 0 Å². The summed E-state index contributed by atoms with van der Waals surface area (Å²) in [5, 5.41) is 4.57. The second-order valence-corrected chi connectivity index (χ2v) is 8.83. The molecule has 3 aromatic rings. The highest BCUT2D eigenvalue weighted by Gasteiger charge is 2.23. The number of hydrogen-bond acceptors (Lipinski definition) is 2. The fraction of sp³-hybridized carbons (Fsp3) is 0.241. The van der Waals surface area contributed by atoms with Crippen LogP contribution in [0.5, 0.6) is 0 Å². The van der Waals surface area contributed by atoms with Gasteiger partial charge in [-0.2, -0.15) is 0 Å². The quantitative estimate of drug-likeness (QED) is 0.463. The lowest BCUT2D eigenvalue weighted by Crippen LogP contribution is -2.34. The van der Waals surface area contributed by atoms with Gasteiger partial charge in [-0.1, -0.05) is 61.7 Å². The molecule has 162 valence electrons. The predicted octanol–water partition coefficient (Wildman–Crippen LogP) is 6.72. The summed E-state index contributed by atoms with van der Waals surface area (Å²) in [6.45, 7) is 12.7. The summed E-state index contributed by atoms with van der Waals surface area (Å²) in [5.74, 6) is 0.519. The zero-order valence-electron chi connectivity index (χ0n) is 18.8. The van der Waals surface area contributed by atoms with E-state index in [0.717, 1.165) is 49.3 Å². The minimum absolute atomic E-state index is 0.519. The summed E-state index contributed by atoms with van der Waals surface area (Å²) >= 11 is 0. The van der Waals surface area contributed by atoms with Crippen molar-refractivity contribution in [1.82, 2.24) is 15.2 Å². The highest BCUT2D eigenvalue weighted by Crippen LogP contribution is 2.36. The summed E-state index contributed by atoms with van der Waals surface area (Å²) in [6.07, 6.45) is 13.9. The molecule has 3 nitrogen and oxygen atoms in total. The largest absolute Gasteiger partial charge is 0.371 e. The third-order valence-corrected chi connectivity index (χ3v) is 6.93. The summed E-state index contributed by atoms with van der Waals surface area (Å²) < 4.78 is 0. The number of aromatic amines is 1. The van der Waals surface area contributed by atoms with E-state index in [1.165, 1.54) is 33.2 Å². The Hall–Kier alpha value is -3.46. The summed E-state index contributed by atoms with van der Waals surface area (Å²) in [6, 6.07) is 13.3. The van der Waals surface area contributed by atoms with Crippen LogP contribution in [0.4, 0.5) is 0 Å². The number of allylic oxidation sites excluding steroid dienone is 3. The fourth-order valence-electron chi connectivity index (χ4n) is 5.04. The topological polar surface area (TPSA) is 31.1 Å². The van der Waals surface area contributed by atoms with Gasteiger partial charge >= 0.3 is 0 Å². The minimum atomic E-state index is 0.519. The number of piperidine rings is 1. The van der Waals surface area contributed by atoms with Crippen LogP contribution in [0.3, 0.4) is 0 Å².